The number of amides is 1. The molecule has 6 nitrogen and oxygen atoms in total. The largest absolute Gasteiger partial charge is 0.462 e. The summed E-state index contributed by atoms with van der Waals surface area (Å²) in [6, 6.07) is -0.720. The standard InChI is InChI=1S/C54H97NO5/c1-4-7-10-13-16-19-22-25-26-29-31-34-37-40-43-46-52(57)51(49-56)55-53(58)48-50(45-42-39-36-33-30-27-23-20-17-14-11-8-5-2)60-54(59)47-44-41-38-35-32-28-24-21-18-15-12-9-6-3/h8,11,14,17,20,23,28,32,38,41,50-52,56-57H,4-7,9-10,12-13,15-16,18-19,21-22,24-27,29-31,33-37,39-40,42-49H2,1-3H3,(H,55,58)/b11-8+,17-14+,23-20+,32-28-,41-38+. The lowest BCUT2D eigenvalue weighted by molar-refractivity contribution is -0.150. The van der Waals surface area contributed by atoms with E-state index >= 15 is 0 Å². The average Bonchev–Trinajstić information content (AvgIpc) is 3.24. The molecule has 3 N–H and O–H groups in total. The molecule has 3 atom stereocenters. The van der Waals surface area contributed by atoms with Crippen LogP contribution >= 0.6 is 0 Å². The summed E-state index contributed by atoms with van der Waals surface area (Å²) in [4.78, 5) is 26.1. The minimum absolute atomic E-state index is 0.0406. The van der Waals surface area contributed by atoms with Crippen molar-refractivity contribution in [3.05, 3.63) is 60.8 Å². The van der Waals surface area contributed by atoms with Gasteiger partial charge >= 0.3 is 5.97 Å². The molecule has 6 heteroatoms. The first-order valence-electron chi connectivity index (χ1n) is 25.5. The van der Waals surface area contributed by atoms with Crippen LogP contribution in [0, 0.1) is 0 Å². The summed E-state index contributed by atoms with van der Waals surface area (Å²) in [5.41, 5.74) is 0. The molecule has 0 aromatic heterocycles. The molecule has 0 aliphatic heterocycles. The summed E-state index contributed by atoms with van der Waals surface area (Å²) in [6.07, 6.45) is 58.6. The van der Waals surface area contributed by atoms with E-state index in [0.717, 1.165) is 77.0 Å². The van der Waals surface area contributed by atoms with E-state index in [0.29, 0.717) is 19.3 Å². The maximum absolute atomic E-state index is 13.2. The highest BCUT2D eigenvalue weighted by Gasteiger charge is 2.24. The number of rotatable bonds is 45. The highest BCUT2D eigenvalue weighted by molar-refractivity contribution is 5.77. The van der Waals surface area contributed by atoms with Crippen LogP contribution < -0.4 is 5.32 Å². The van der Waals surface area contributed by atoms with E-state index in [4.69, 9.17) is 4.74 Å². The third-order valence-corrected chi connectivity index (χ3v) is 11.4. The maximum atomic E-state index is 13.2. The summed E-state index contributed by atoms with van der Waals surface area (Å²) in [5, 5.41) is 23.8. The highest BCUT2D eigenvalue weighted by Crippen LogP contribution is 2.17. The van der Waals surface area contributed by atoms with Crippen LogP contribution in [-0.2, 0) is 14.3 Å². The number of unbranched alkanes of at least 4 members (excludes halogenated alkanes) is 25. The van der Waals surface area contributed by atoms with Gasteiger partial charge in [0.2, 0.25) is 5.91 Å². The van der Waals surface area contributed by atoms with Gasteiger partial charge in [0.25, 0.3) is 0 Å². The van der Waals surface area contributed by atoms with Crippen molar-refractivity contribution < 1.29 is 24.5 Å². The number of esters is 1. The van der Waals surface area contributed by atoms with E-state index in [2.05, 4.69) is 80.8 Å². The molecular formula is C54H97NO5. The van der Waals surface area contributed by atoms with Crippen molar-refractivity contribution in [1.82, 2.24) is 5.32 Å². The van der Waals surface area contributed by atoms with Crippen LogP contribution in [0.25, 0.3) is 0 Å². The second kappa shape index (κ2) is 47.6. The van der Waals surface area contributed by atoms with Gasteiger partial charge in [0.1, 0.15) is 6.10 Å². The first kappa shape index (κ1) is 57.6. The summed E-state index contributed by atoms with van der Waals surface area (Å²) >= 11 is 0. The molecule has 0 saturated carbocycles. The van der Waals surface area contributed by atoms with Gasteiger partial charge in [0, 0.05) is 6.42 Å². The fraction of sp³-hybridized carbons (Fsp3) is 0.778. The van der Waals surface area contributed by atoms with Gasteiger partial charge in [-0.2, -0.15) is 0 Å². The number of aliphatic hydroxyl groups is 2. The van der Waals surface area contributed by atoms with Gasteiger partial charge in [-0.05, 0) is 64.2 Å². The molecule has 0 aliphatic rings. The lowest BCUT2D eigenvalue weighted by Crippen LogP contribution is -2.46. The summed E-state index contributed by atoms with van der Waals surface area (Å²) in [6.45, 7) is 6.33. The average molecular weight is 840 g/mol. The fourth-order valence-corrected chi connectivity index (χ4v) is 7.54. The number of nitrogens with one attached hydrogen (secondary N) is 1. The summed E-state index contributed by atoms with van der Waals surface area (Å²) in [7, 11) is 0. The molecule has 0 aromatic carbocycles. The normalized spacial score (nSPS) is 13.8. The van der Waals surface area contributed by atoms with Crippen LogP contribution in [0.4, 0.5) is 0 Å². The van der Waals surface area contributed by atoms with Crippen LogP contribution in [0.15, 0.2) is 60.8 Å². The van der Waals surface area contributed by atoms with Gasteiger partial charge in [-0.3, -0.25) is 9.59 Å². The monoisotopic (exact) mass is 840 g/mol. The highest BCUT2D eigenvalue weighted by atomic mass is 16.5. The summed E-state index contributed by atoms with van der Waals surface area (Å²) in [5.74, 6) is -0.574. The molecule has 0 fully saturated rings. The van der Waals surface area contributed by atoms with E-state index in [9.17, 15) is 19.8 Å². The molecule has 0 bridgehead atoms. The molecule has 60 heavy (non-hydrogen) atoms. The molecule has 0 heterocycles. The smallest absolute Gasteiger partial charge is 0.306 e. The molecule has 0 spiro atoms. The Morgan fingerprint density at radius 1 is 0.517 bits per heavy atom. The quantitative estimate of drug-likeness (QED) is 0.0246. The molecular weight excluding hydrogens is 743 g/mol. The lowest BCUT2D eigenvalue weighted by Gasteiger charge is -2.24. The first-order valence-corrected chi connectivity index (χ1v) is 25.5. The molecule has 0 saturated heterocycles. The molecule has 0 aromatic rings. The lowest BCUT2D eigenvalue weighted by atomic mass is 10.0. The topological polar surface area (TPSA) is 95.9 Å². The zero-order chi connectivity index (χ0) is 43.8. The van der Waals surface area contributed by atoms with Crippen LogP contribution in [0.2, 0.25) is 0 Å². The Bertz CT molecular complexity index is 1080. The fourth-order valence-electron chi connectivity index (χ4n) is 7.54. The Balaban J connectivity index is 4.64. The van der Waals surface area contributed by atoms with Gasteiger partial charge < -0.3 is 20.3 Å². The van der Waals surface area contributed by atoms with Crippen molar-refractivity contribution in [3.8, 4) is 0 Å². The van der Waals surface area contributed by atoms with E-state index in [-0.39, 0.29) is 31.3 Å². The van der Waals surface area contributed by atoms with E-state index in [1.54, 1.807) is 0 Å². The predicted octanol–water partition coefficient (Wildman–Crippen LogP) is 15.2. The SMILES string of the molecule is CC/C=C/C=C/C=C/CCCCCCCC(CC(=O)NC(CO)C(O)CCCCCCCCCCCCCCCCC)OC(=O)CC/C=C/C/C=C\CCCCCCCC. The molecule has 348 valence electrons. The van der Waals surface area contributed by atoms with Crippen molar-refractivity contribution in [2.75, 3.05) is 6.61 Å². The minimum Gasteiger partial charge on any atom is -0.462 e. The van der Waals surface area contributed by atoms with Gasteiger partial charge in [-0.1, -0.05) is 229 Å². The number of ether oxygens (including phenoxy) is 1. The number of aliphatic hydroxyl groups excluding tert-OH is 2. The first-order chi connectivity index (χ1) is 29.5. The molecule has 0 aliphatic carbocycles. The third kappa shape index (κ3) is 42.3. The number of carbonyl (C=O) groups is 2. The molecule has 0 radical (unpaired) electrons. The molecule has 1 amide bonds. The third-order valence-electron chi connectivity index (χ3n) is 11.4. The van der Waals surface area contributed by atoms with Crippen molar-refractivity contribution in [2.24, 2.45) is 0 Å². The Labute approximate surface area is 371 Å². The van der Waals surface area contributed by atoms with Crippen LogP contribution in [0.1, 0.15) is 245 Å². The van der Waals surface area contributed by atoms with Gasteiger partial charge in [0.15, 0.2) is 0 Å². The Morgan fingerprint density at radius 2 is 0.967 bits per heavy atom. The van der Waals surface area contributed by atoms with Gasteiger partial charge in [0.05, 0.1) is 25.2 Å². The van der Waals surface area contributed by atoms with E-state index in [1.807, 2.05) is 6.08 Å². The predicted molar refractivity (Wildman–Crippen MR) is 259 cm³/mol. The number of hydrogen-bond acceptors (Lipinski definition) is 5. The van der Waals surface area contributed by atoms with Gasteiger partial charge in [-0.25, -0.2) is 0 Å². The number of hydrogen-bond donors (Lipinski definition) is 3. The van der Waals surface area contributed by atoms with Crippen LogP contribution in [0.5, 0.6) is 0 Å². The van der Waals surface area contributed by atoms with E-state index in [1.165, 1.54) is 116 Å². The second-order valence-corrected chi connectivity index (χ2v) is 17.2. The maximum Gasteiger partial charge on any atom is 0.306 e. The van der Waals surface area contributed by atoms with Crippen molar-refractivity contribution in [3.63, 3.8) is 0 Å². The zero-order valence-electron chi connectivity index (χ0n) is 39.6. The van der Waals surface area contributed by atoms with Crippen molar-refractivity contribution in [1.29, 1.82) is 0 Å². The molecule has 3 unspecified atom stereocenters. The number of allylic oxidation sites excluding steroid dienone is 10. The van der Waals surface area contributed by atoms with Gasteiger partial charge in [-0.15, -0.1) is 0 Å². The zero-order valence-corrected chi connectivity index (χ0v) is 39.6. The Hall–Kier alpha value is -2.44. The van der Waals surface area contributed by atoms with E-state index < -0.39 is 18.2 Å². The number of carbonyl (C=O) groups excluding carboxylic acids is 2. The van der Waals surface area contributed by atoms with Crippen LogP contribution in [0.3, 0.4) is 0 Å². The minimum atomic E-state index is -0.803. The summed E-state index contributed by atoms with van der Waals surface area (Å²) < 4.78 is 5.88. The van der Waals surface area contributed by atoms with Crippen molar-refractivity contribution >= 4 is 11.9 Å². The van der Waals surface area contributed by atoms with Crippen LogP contribution in [-0.4, -0.2) is 46.9 Å². The second-order valence-electron chi connectivity index (χ2n) is 17.2. The molecule has 0 rings (SSSR count). The van der Waals surface area contributed by atoms with Crippen molar-refractivity contribution in [2.45, 2.75) is 264 Å². The Morgan fingerprint density at radius 3 is 1.48 bits per heavy atom. The Kier molecular flexibility index (Phi) is 45.7.